The first-order valence-corrected chi connectivity index (χ1v) is 5.74. The molecular formula is C13H11FN4. The third-order valence-electron chi connectivity index (χ3n) is 2.75. The maximum Gasteiger partial charge on any atom is 0.235 e. The summed E-state index contributed by atoms with van der Waals surface area (Å²) in [6.45, 7) is 2.00. The summed E-state index contributed by atoms with van der Waals surface area (Å²) in [5.74, 6) is 1.05. The van der Waals surface area contributed by atoms with Crippen LogP contribution < -0.4 is 0 Å². The Bertz CT molecular complexity index is 691. The van der Waals surface area contributed by atoms with E-state index in [9.17, 15) is 4.39 Å². The van der Waals surface area contributed by atoms with E-state index in [1.165, 1.54) is 12.1 Å². The Balaban J connectivity index is 2.35. The molecule has 0 N–H and O–H groups in total. The van der Waals surface area contributed by atoms with E-state index in [1.54, 1.807) is 29.1 Å². The summed E-state index contributed by atoms with van der Waals surface area (Å²) in [7, 11) is 0. The van der Waals surface area contributed by atoms with Crippen LogP contribution in [0, 0.1) is 5.82 Å². The fourth-order valence-corrected chi connectivity index (χ4v) is 1.97. The lowest BCUT2D eigenvalue weighted by atomic mass is 10.3. The minimum atomic E-state index is -0.290. The number of nitrogens with zero attached hydrogens (tertiary/aromatic N) is 4. The molecule has 18 heavy (non-hydrogen) atoms. The maximum atomic E-state index is 13.4. The van der Waals surface area contributed by atoms with E-state index in [1.807, 2.05) is 6.92 Å². The van der Waals surface area contributed by atoms with Gasteiger partial charge in [-0.15, -0.1) is 0 Å². The fourth-order valence-electron chi connectivity index (χ4n) is 1.97. The van der Waals surface area contributed by atoms with Gasteiger partial charge in [-0.1, -0.05) is 6.92 Å². The van der Waals surface area contributed by atoms with Gasteiger partial charge in [0, 0.05) is 24.9 Å². The van der Waals surface area contributed by atoms with Gasteiger partial charge in [0.1, 0.15) is 11.6 Å². The third-order valence-corrected chi connectivity index (χ3v) is 2.75. The summed E-state index contributed by atoms with van der Waals surface area (Å²) in [6, 6.07) is 6.28. The number of benzene rings is 1. The molecule has 0 saturated carbocycles. The molecule has 4 nitrogen and oxygen atoms in total. The Morgan fingerprint density at radius 3 is 2.72 bits per heavy atom. The second kappa shape index (κ2) is 4.18. The summed E-state index contributed by atoms with van der Waals surface area (Å²) in [6.07, 6.45) is 4.05. The minimum Gasteiger partial charge on any atom is -0.264 e. The number of rotatable bonds is 2. The molecule has 0 radical (unpaired) electrons. The number of aromatic nitrogens is 4. The highest BCUT2D eigenvalue weighted by Gasteiger charge is 2.13. The first-order valence-electron chi connectivity index (χ1n) is 5.74. The van der Waals surface area contributed by atoms with Gasteiger partial charge in [-0.25, -0.2) is 19.3 Å². The molecule has 3 aromatic rings. The molecule has 0 saturated heterocycles. The van der Waals surface area contributed by atoms with Crippen LogP contribution in [-0.4, -0.2) is 19.5 Å². The van der Waals surface area contributed by atoms with E-state index in [4.69, 9.17) is 0 Å². The second-order valence-corrected chi connectivity index (χ2v) is 3.90. The predicted octanol–water partition coefficient (Wildman–Crippen LogP) is 2.52. The molecule has 90 valence electrons. The molecule has 0 aliphatic carbocycles. The zero-order valence-electron chi connectivity index (χ0n) is 9.84. The number of fused-ring (bicyclic) bond motifs is 1. The first kappa shape index (κ1) is 10.8. The van der Waals surface area contributed by atoms with Gasteiger partial charge in [-0.2, -0.15) is 0 Å². The number of hydrogen-bond donors (Lipinski definition) is 0. The van der Waals surface area contributed by atoms with Crippen LogP contribution in [0.15, 0.2) is 36.7 Å². The van der Waals surface area contributed by atoms with Crippen LogP contribution in [-0.2, 0) is 6.42 Å². The smallest absolute Gasteiger partial charge is 0.235 e. The normalized spacial score (nSPS) is 11.0. The van der Waals surface area contributed by atoms with E-state index < -0.39 is 0 Å². The Kier molecular flexibility index (Phi) is 2.51. The Morgan fingerprint density at radius 1 is 1.22 bits per heavy atom. The Hall–Kier alpha value is -2.30. The van der Waals surface area contributed by atoms with Crippen LogP contribution in [0.2, 0.25) is 0 Å². The average molecular weight is 242 g/mol. The zero-order chi connectivity index (χ0) is 12.5. The van der Waals surface area contributed by atoms with Crippen LogP contribution in [0.4, 0.5) is 4.39 Å². The molecule has 0 aliphatic rings. The molecule has 0 amide bonds. The summed E-state index contributed by atoms with van der Waals surface area (Å²) in [5.41, 5.74) is 1.44. The van der Waals surface area contributed by atoms with Crippen molar-refractivity contribution in [2.24, 2.45) is 0 Å². The minimum absolute atomic E-state index is 0.290. The van der Waals surface area contributed by atoms with Gasteiger partial charge >= 0.3 is 0 Å². The van der Waals surface area contributed by atoms with Crippen LogP contribution in [0.3, 0.4) is 0 Å². The van der Waals surface area contributed by atoms with Crippen molar-refractivity contribution in [1.82, 2.24) is 19.5 Å². The van der Waals surface area contributed by atoms with E-state index in [0.29, 0.717) is 11.5 Å². The lowest BCUT2D eigenvalue weighted by Crippen LogP contribution is -2.04. The number of halogens is 1. The molecule has 0 unspecified atom stereocenters. The van der Waals surface area contributed by atoms with Crippen molar-refractivity contribution in [3.05, 3.63) is 48.3 Å². The van der Waals surface area contributed by atoms with Gasteiger partial charge < -0.3 is 0 Å². The molecule has 1 aromatic carbocycles. The average Bonchev–Trinajstić information content (AvgIpc) is 2.77. The lowest BCUT2D eigenvalue weighted by Gasteiger charge is -2.04. The molecule has 0 aliphatic heterocycles. The van der Waals surface area contributed by atoms with Gasteiger partial charge in [0.2, 0.25) is 5.95 Å². The predicted molar refractivity (Wildman–Crippen MR) is 66.0 cm³/mol. The van der Waals surface area contributed by atoms with Crippen molar-refractivity contribution in [2.75, 3.05) is 0 Å². The van der Waals surface area contributed by atoms with Gasteiger partial charge in [0.15, 0.2) is 0 Å². The van der Waals surface area contributed by atoms with Gasteiger partial charge in [0.05, 0.1) is 11.0 Å². The highest BCUT2D eigenvalue weighted by Crippen LogP contribution is 2.20. The van der Waals surface area contributed by atoms with Crippen LogP contribution in [0.25, 0.3) is 17.0 Å². The molecule has 0 spiro atoms. The van der Waals surface area contributed by atoms with Crippen molar-refractivity contribution in [3.8, 4) is 5.95 Å². The van der Waals surface area contributed by atoms with Crippen molar-refractivity contribution >= 4 is 11.0 Å². The molecule has 3 rings (SSSR count). The Morgan fingerprint density at radius 2 is 2.00 bits per heavy atom. The maximum absolute atomic E-state index is 13.4. The summed E-state index contributed by atoms with van der Waals surface area (Å²) in [4.78, 5) is 12.9. The highest BCUT2D eigenvalue weighted by atomic mass is 19.1. The molecule has 5 heteroatoms. The number of hydrogen-bond acceptors (Lipinski definition) is 3. The highest BCUT2D eigenvalue weighted by molar-refractivity contribution is 5.77. The molecule has 2 heterocycles. The number of aryl methyl sites for hydroxylation is 1. The topological polar surface area (TPSA) is 43.6 Å². The van der Waals surface area contributed by atoms with Crippen molar-refractivity contribution in [3.63, 3.8) is 0 Å². The molecule has 0 fully saturated rings. The monoisotopic (exact) mass is 242 g/mol. The summed E-state index contributed by atoms with van der Waals surface area (Å²) >= 11 is 0. The first-order chi connectivity index (χ1) is 8.79. The van der Waals surface area contributed by atoms with Crippen molar-refractivity contribution in [1.29, 1.82) is 0 Å². The van der Waals surface area contributed by atoms with Crippen molar-refractivity contribution < 1.29 is 4.39 Å². The summed E-state index contributed by atoms with van der Waals surface area (Å²) < 4.78 is 15.2. The van der Waals surface area contributed by atoms with Crippen molar-refractivity contribution in [2.45, 2.75) is 13.3 Å². The zero-order valence-corrected chi connectivity index (χ0v) is 9.84. The van der Waals surface area contributed by atoms with E-state index >= 15 is 0 Å². The third kappa shape index (κ3) is 1.64. The molecule has 0 bridgehead atoms. The number of imidazole rings is 1. The molecule has 0 atom stereocenters. The van der Waals surface area contributed by atoms with Crippen LogP contribution in [0.5, 0.6) is 0 Å². The largest absolute Gasteiger partial charge is 0.264 e. The van der Waals surface area contributed by atoms with Gasteiger partial charge in [-0.05, 0) is 18.2 Å². The summed E-state index contributed by atoms with van der Waals surface area (Å²) in [5, 5.41) is 0. The van der Waals surface area contributed by atoms with Gasteiger partial charge in [-0.3, -0.25) is 4.57 Å². The van der Waals surface area contributed by atoms with Crippen LogP contribution >= 0.6 is 0 Å². The van der Waals surface area contributed by atoms with Gasteiger partial charge in [0.25, 0.3) is 0 Å². The fraction of sp³-hybridized carbons (Fsp3) is 0.154. The SMILES string of the molecule is CCc1nc2ccc(F)cc2n1-c1ncccn1. The van der Waals surface area contributed by atoms with Crippen LogP contribution in [0.1, 0.15) is 12.7 Å². The molecule has 2 aromatic heterocycles. The Labute approximate surface area is 103 Å². The van der Waals surface area contributed by atoms with E-state index in [-0.39, 0.29) is 5.82 Å². The second-order valence-electron chi connectivity index (χ2n) is 3.90. The molecular weight excluding hydrogens is 231 g/mol. The lowest BCUT2D eigenvalue weighted by molar-refractivity contribution is 0.629. The van der Waals surface area contributed by atoms with E-state index in [0.717, 1.165) is 17.8 Å². The standard InChI is InChI=1S/C13H11FN4/c1-2-12-17-10-5-4-9(14)8-11(10)18(12)13-15-6-3-7-16-13/h3-8H,2H2,1H3. The quantitative estimate of drug-likeness (QED) is 0.693. The van der Waals surface area contributed by atoms with E-state index in [2.05, 4.69) is 15.0 Å².